The number of carbonyl (C=O) groups is 2. The van der Waals surface area contributed by atoms with Crippen LogP contribution < -0.4 is 5.32 Å². The van der Waals surface area contributed by atoms with Crippen molar-refractivity contribution in [2.75, 3.05) is 5.32 Å². The van der Waals surface area contributed by atoms with Crippen LogP contribution in [0, 0.1) is 5.41 Å². The zero-order valence-electron chi connectivity index (χ0n) is 10.3. The third-order valence-corrected chi connectivity index (χ3v) is 3.50. The number of amides is 1. The molecular weight excluding hydrogens is 232 g/mol. The molecule has 1 heterocycles. The molecule has 5 nitrogen and oxygen atoms in total. The minimum Gasteiger partial charge on any atom is -0.478 e. The molecule has 18 heavy (non-hydrogen) atoms. The number of aromatic carboxylic acids is 1. The number of rotatable bonds is 3. The van der Waals surface area contributed by atoms with Crippen molar-refractivity contribution in [1.82, 2.24) is 4.98 Å². The lowest BCUT2D eigenvalue weighted by Gasteiger charge is -2.21. The van der Waals surface area contributed by atoms with E-state index < -0.39 is 5.97 Å². The fourth-order valence-electron chi connectivity index (χ4n) is 2.28. The predicted molar refractivity (Wildman–Crippen MR) is 66.4 cm³/mol. The van der Waals surface area contributed by atoms with Crippen LogP contribution in [-0.2, 0) is 4.79 Å². The fourth-order valence-corrected chi connectivity index (χ4v) is 2.28. The molecule has 5 heteroatoms. The number of aromatic nitrogens is 1. The van der Waals surface area contributed by atoms with E-state index in [1.54, 1.807) is 0 Å². The van der Waals surface area contributed by atoms with Crippen LogP contribution in [0.1, 0.15) is 43.0 Å². The van der Waals surface area contributed by atoms with Gasteiger partial charge in [-0.25, -0.2) is 9.78 Å². The van der Waals surface area contributed by atoms with Crippen LogP contribution in [0.5, 0.6) is 0 Å². The topological polar surface area (TPSA) is 79.3 Å². The number of pyridine rings is 1. The first kappa shape index (κ1) is 12.5. The van der Waals surface area contributed by atoms with Crippen molar-refractivity contribution < 1.29 is 14.7 Å². The number of carbonyl (C=O) groups excluding carboxylic acids is 1. The van der Waals surface area contributed by atoms with Crippen LogP contribution in [0.2, 0.25) is 0 Å². The molecular formula is C13H16N2O3. The Hall–Kier alpha value is -1.91. The number of anilines is 1. The van der Waals surface area contributed by atoms with E-state index in [9.17, 15) is 9.59 Å². The smallest absolute Gasteiger partial charge is 0.335 e. The molecule has 0 radical (unpaired) electrons. The van der Waals surface area contributed by atoms with Gasteiger partial charge in [-0.15, -0.1) is 0 Å². The molecule has 0 aliphatic heterocycles. The molecule has 1 aromatic rings. The molecule has 96 valence electrons. The molecule has 1 saturated carbocycles. The summed E-state index contributed by atoms with van der Waals surface area (Å²) in [6.07, 6.45) is 5.25. The van der Waals surface area contributed by atoms with Gasteiger partial charge in [0.05, 0.1) is 5.56 Å². The summed E-state index contributed by atoms with van der Waals surface area (Å²) in [7, 11) is 0. The normalized spacial score (nSPS) is 17.4. The van der Waals surface area contributed by atoms with Crippen LogP contribution in [0.25, 0.3) is 0 Å². The third kappa shape index (κ3) is 2.50. The van der Waals surface area contributed by atoms with Crippen molar-refractivity contribution in [3.8, 4) is 0 Å². The maximum absolute atomic E-state index is 12.1. The highest BCUT2D eigenvalue weighted by Gasteiger charge is 2.36. The number of hydrogen-bond donors (Lipinski definition) is 2. The second kappa shape index (κ2) is 4.76. The van der Waals surface area contributed by atoms with Crippen LogP contribution in [0.3, 0.4) is 0 Å². The van der Waals surface area contributed by atoms with Gasteiger partial charge in [0.1, 0.15) is 5.82 Å². The van der Waals surface area contributed by atoms with Gasteiger partial charge >= 0.3 is 5.97 Å². The van der Waals surface area contributed by atoms with Crippen LogP contribution in [0.15, 0.2) is 18.3 Å². The number of nitrogens with zero attached hydrogens (tertiary/aromatic N) is 1. The third-order valence-electron chi connectivity index (χ3n) is 3.50. The molecule has 0 saturated heterocycles. The van der Waals surface area contributed by atoms with Crippen molar-refractivity contribution >= 4 is 17.7 Å². The Morgan fingerprint density at radius 1 is 1.39 bits per heavy atom. The highest BCUT2D eigenvalue weighted by molar-refractivity contribution is 5.96. The first-order chi connectivity index (χ1) is 8.51. The Morgan fingerprint density at radius 3 is 2.67 bits per heavy atom. The van der Waals surface area contributed by atoms with Crippen LogP contribution >= 0.6 is 0 Å². The van der Waals surface area contributed by atoms with E-state index in [4.69, 9.17) is 5.11 Å². The Bertz CT molecular complexity index is 479. The molecule has 1 aliphatic carbocycles. The lowest BCUT2D eigenvalue weighted by molar-refractivity contribution is -0.124. The van der Waals surface area contributed by atoms with Gasteiger partial charge in [0.2, 0.25) is 5.91 Å². The number of carboxylic acid groups (broad SMARTS) is 1. The molecule has 0 atom stereocenters. The van der Waals surface area contributed by atoms with E-state index in [1.165, 1.54) is 18.3 Å². The summed E-state index contributed by atoms with van der Waals surface area (Å²) in [5.41, 5.74) is -0.224. The summed E-state index contributed by atoms with van der Waals surface area (Å²) in [6.45, 7) is 1.94. The molecule has 0 unspecified atom stereocenters. The highest BCUT2D eigenvalue weighted by Crippen LogP contribution is 2.38. The molecule has 0 aromatic carbocycles. The minimum absolute atomic E-state index is 0.0740. The number of nitrogens with one attached hydrogen (secondary N) is 1. The molecule has 0 spiro atoms. The van der Waals surface area contributed by atoms with Crippen molar-refractivity contribution in [2.45, 2.75) is 32.6 Å². The summed E-state index contributed by atoms with van der Waals surface area (Å²) in [6, 6.07) is 2.77. The molecule has 0 bridgehead atoms. The summed E-state index contributed by atoms with van der Waals surface area (Å²) >= 11 is 0. The van der Waals surface area contributed by atoms with E-state index in [0.29, 0.717) is 5.82 Å². The van der Waals surface area contributed by atoms with Gasteiger partial charge < -0.3 is 10.4 Å². The Morgan fingerprint density at radius 2 is 2.06 bits per heavy atom. The standard InChI is InChI=1S/C13H16N2O3/c1-13(5-2-3-6-13)12(18)15-10-8-9(11(16)17)4-7-14-10/h4,7-8H,2-3,5-6H2,1H3,(H,16,17)(H,14,15,18). The average molecular weight is 248 g/mol. The molecule has 2 rings (SSSR count). The van der Waals surface area contributed by atoms with Crippen LogP contribution in [-0.4, -0.2) is 22.0 Å². The maximum Gasteiger partial charge on any atom is 0.335 e. The van der Waals surface area contributed by atoms with Gasteiger partial charge in [-0.2, -0.15) is 0 Å². The Kier molecular flexibility index (Phi) is 3.32. The highest BCUT2D eigenvalue weighted by atomic mass is 16.4. The Balaban J connectivity index is 2.11. The quantitative estimate of drug-likeness (QED) is 0.860. The van der Waals surface area contributed by atoms with E-state index >= 15 is 0 Å². The number of carboxylic acids is 1. The zero-order valence-corrected chi connectivity index (χ0v) is 10.3. The van der Waals surface area contributed by atoms with E-state index in [1.807, 2.05) is 6.92 Å². The fraction of sp³-hybridized carbons (Fsp3) is 0.462. The zero-order chi connectivity index (χ0) is 13.2. The predicted octanol–water partition coefficient (Wildman–Crippen LogP) is 2.30. The van der Waals surface area contributed by atoms with Gasteiger partial charge in [0.25, 0.3) is 0 Å². The SMILES string of the molecule is CC1(C(=O)Nc2cc(C(=O)O)ccn2)CCCC1. The van der Waals surface area contributed by atoms with Gasteiger partial charge in [-0.05, 0) is 25.0 Å². The lowest BCUT2D eigenvalue weighted by atomic mass is 9.88. The van der Waals surface area contributed by atoms with E-state index in [-0.39, 0.29) is 16.9 Å². The van der Waals surface area contributed by atoms with Gasteiger partial charge in [-0.1, -0.05) is 19.8 Å². The summed E-state index contributed by atoms with van der Waals surface area (Å²) in [5, 5.41) is 11.6. The van der Waals surface area contributed by atoms with Gasteiger partial charge in [-0.3, -0.25) is 4.79 Å². The number of hydrogen-bond acceptors (Lipinski definition) is 3. The first-order valence-corrected chi connectivity index (χ1v) is 6.02. The lowest BCUT2D eigenvalue weighted by Crippen LogP contribution is -2.31. The molecule has 2 N–H and O–H groups in total. The van der Waals surface area contributed by atoms with Crippen molar-refractivity contribution in [3.63, 3.8) is 0 Å². The summed E-state index contributed by atoms with van der Waals surface area (Å²) < 4.78 is 0. The largest absolute Gasteiger partial charge is 0.478 e. The maximum atomic E-state index is 12.1. The molecule has 1 aliphatic rings. The van der Waals surface area contributed by atoms with Crippen molar-refractivity contribution in [2.24, 2.45) is 5.41 Å². The monoisotopic (exact) mass is 248 g/mol. The van der Waals surface area contributed by atoms with Crippen molar-refractivity contribution in [3.05, 3.63) is 23.9 Å². The molecule has 1 fully saturated rings. The van der Waals surface area contributed by atoms with E-state index in [2.05, 4.69) is 10.3 Å². The first-order valence-electron chi connectivity index (χ1n) is 6.02. The van der Waals surface area contributed by atoms with Gasteiger partial charge in [0.15, 0.2) is 0 Å². The Labute approximate surface area is 105 Å². The van der Waals surface area contributed by atoms with E-state index in [0.717, 1.165) is 25.7 Å². The van der Waals surface area contributed by atoms with Gasteiger partial charge in [0, 0.05) is 11.6 Å². The minimum atomic E-state index is -1.03. The summed E-state index contributed by atoms with van der Waals surface area (Å²) in [4.78, 5) is 26.9. The second-order valence-electron chi connectivity index (χ2n) is 4.96. The molecule has 1 amide bonds. The summed E-state index contributed by atoms with van der Waals surface area (Å²) in [5.74, 6) is -0.803. The van der Waals surface area contributed by atoms with Crippen LogP contribution in [0.4, 0.5) is 5.82 Å². The average Bonchev–Trinajstić information content (AvgIpc) is 2.78. The molecule has 1 aromatic heterocycles. The second-order valence-corrected chi connectivity index (χ2v) is 4.96. The van der Waals surface area contributed by atoms with Crippen molar-refractivity contribution in [1.29, 1.82) is 0 Å².